The van der Waals surface area contributed by atoms with E-state index in [9.17, 15) is 8.42 Å². The Kier molecular flexibility index (Phi) is 5.00. The van der Waals surface area contributed by atoms with Crippen molar-refractivity contribution in [1.82, 2.24) is 4.90 Å². The lowest BCUT2D eigenvalue weighted by Crippen LogP contribution is -2.47. The Morgan fingerprint density at radius 1 is 1.32 bits per heavy atom. The highest BCUT2D eigenvalue weighted by molar-refractivity contribution is 7.85. The quantitative estimate of drug-likeness (QED) is 0.797. The molecule has 1 aromatic rings. The fraction of sp³-hybridized carbons (Fsp3) is 0.647. The molecule has 0 N–H and O–H groups in total. The molecule has 22 heavy (non-hydrogen) atoms. The first-order valence-corrected chi connectivity index (χ1v) is 9.66. The zero-order chi connectivity index (χ0) is 16.5. The average molecular weight is 325 g/mol. The molecule has 0 aromatic heterocycles. The number of fused-ring (bicyclic) bond motifs is 1. The molecule has 1 aromatic carbocycles. The molecule has 0 saturated heterocycles. The van der Waals surface area contributed by atoms with E-state index in [1.54, 1.807) is 0 Å². The fourth-order valence-corrected chi connectivity index (χ4v) is 3.62. The van der Waals surface area contributed by atoms with E-state index in [1.807, 2.05) is 6.07 Å². The molecular weight excluding hydrogens is 298 g/mol. The minimum Gasteiger partial charge on any atom is -0.291 e. The molecule has 0 spiro atoms. The maximum Gasteiger partial charge on any atom is 0.264 e. The molecular formula is C17H27NO3S. The number of rotatable bonds is 4. The molecule has 1 aliphatic heterocycles. The zero-order valence-electron chi connectivity index (χ0n) is 14.2. The van der Waals surface area contributed by atoms with E-state index in [-0.39, 0.29) is 12.1 Å². The molecule has 1 atom stereocenters. The van der Waals surface area contributed by atoms with Gasteiger partial charge in [-0.05, 0) is 50.3 Å². The van der Waals surface area contributed by atoms with Crippen molar-refractivity contribution in [3.63, 3.8) is 0 Å². The Hall–Kier alpha value is -0.910. The predicted molar refractivity (Wildman–Crippen MR) is 89.3 cm³/mol. The lowest BCUT2D eigenvalue weighted by Gasteiger charge is -2.45. The maximum atomic E-state index is 11.1. The van der Waals surface area contributed by atoms with Gasteiger partial charge in [0.1, 0.15) is 0 Å². The molecule has 0 fully saturated rings. The summed E-state index contributed by atoms with van der Waals surface area (Å²) in [5.41, 5.74) is 3.76. The summed E-state index contributed by atoms with van der Waals surface area (Å²) < 4.78 is 27.1. The molecule has 0 bridgehead atoms. The summed E-state index contributed by atoms with van der Waals surface area (Å²) in [6.07, 6.45) is 3.15. The third-order valence-electron chi connectivity index (χ3n) is 4.25. The molecule has 124 valence electrons. The standard InChI is InChI=1S/C17H27NO3S/c1-6-16-15-8-7-13(12-21-22(5,19)20)11-14(15)9-10-18(16)17(2,3)4/h7-8,11,16H,6,9-10,12H2,1-5H3. The van der Waals surface area contributed by atoms with Gasteiger partial charge >= 0.3 is 0 Å². The van der Waals surface area contributed by atoms with Crippen LogP contribution in [0.3, 0.4) is 0 Å². The Labute approximate surface area is 134 Å². The third-order valence-corrected chi connectivity index (χ3v) is 4.80. The van der Waals surface area contributed by atoms with Crippen molar-refractivity contribution in [2.45, 2.75) is 58.7 Å². The van der Waals surface area contributed by atoms with Crippen LogP contribution in [0.4, 0.5) is 0 Å². The SMILES string of the molecule is CCC1c2ccc(COS(C)(=O)=O)cc2CCN1C(C)(C)C. The number of hydrogen-bond donors (Lipinski definition) is 0. The zero-order valence-corrected chi connectivity index (χ0v) is 15.0. The highest BCUT2D eigenvalue weighted by Gasteiger charge is 2.33. The fourth-order valence-electron chi connectivity index (χ4n) is 3.27. The summed E-state index contributed by atoms with van der Waals surface area (Å²) in [6.45, 7) is 10.1. The number of benzene rings is 1. The van der Waals surface area contributed by atoms with Crippen LogP contribution in [0, 0.1) is 0 Å². The minimum atomic E-state index is -3.40. The summed E-state index contributed by atoms with van der Waals surface area (Å²) in [5, 5.41) is 0. The second-order valence-electron chi connectivity index (χ2n) is 7.04. The van der Waals surface area contributed by atoms with Crippen LogP contribution in [0.15, 0.2) is 18.2 Å². The minimum absolute atomic E-state index is 0.117. The summed E-state index contributed by atoms with van der Waals surface area (Å²) in [4.78, 5) is 2.56. The smallest absolute Gasteiger partial charge is 0.264 e. The Balaban J connectivity index is 2.25. The van der Waals surface area contributed by atoms with E-state index in [0.717, 1.165) is 31.2 Å². The van der Waals surface area contributed by atoms with Crippen LogP contribution >= 0.6 is 0 Å². The molecule has 4 nitrogen and oxygen atoms in total. The van der Waals surface area contributed by atoms with Gasteiger partial charge in [-0.15, -0.1) is 0 Å². The molecule has 1 aliphatic rings. The largest absolute Gasteiger partial charge is 0.291 e. The maximum absolute atomic E-state index is 11.1. The van der Waals surface area contributed by atoms with Crippen LogP contribution in [0.5, 0.6) is 0 Å². The topological polar surface area (TPSA) is 46.6 Å². The Bertz CT molecular complexity index is 632. The first-order valence-electron chi connectivity index (χ1n) is 7.84. The normalized spacial score (nSPS) is 20.0. The van der Waals surface area contributed by atoms with Crippen molar-refractivity contribution in [1.29, 1.82) is 0 Å². The predicted octanol–water partition coefficient (Wildman–Crippen LogP) is 3.27. The average Bonchev–Trinajstić information content (AvgIpc) is 2.41. The third kappa shape index (κ3) is 4.09. The van der Waals surface area contributed by atoms with Crippen molar-refractivity contribution < 1.29 is 12.6 Å². The summed E-state index contributed by atoms with van der Waals surface area (Å²) >= 11 is 0. The first kappa shape index (κ1) is 17.4. The van der Waals surface area contributed by atoms with Gasteiger partial charge in [-0.1, -0.05) is 25.1 Å². The molecule has 2 rings (SSSR count). The number of nitrogens with zero attached hydrogens (tertiary/aromatic N) is 1. The van der Waals surface area contributed by atoms with E-state index in [2.05, 4.69) is 44.7 Å². The highest BCUT2D eigenvalue weighted by Crippen LogP contribution is 2.37. The molecule has 5 heteroatoms. The van der Waals surface area contributed by atoms with Crippen LogP contribution in [-0.2, 0) is 27.3 Å². The van der Waals surface area contributed by atoms with Gasteiger partial charge in [-0.25, -0.2) is 0 Å². The Morgan fingerprint density at radius 3 is 2.55 bits per heavy atom. The van der Waals surface area contributed by atoms with Crippen LogP contribution < -0.4 is 0 Å². The van der Waals surface area contributed by atoms with E-state index in [4.69, 9.17) is 4.18 Å². The van der Waals surface area contributed by atoms with Gasteiger partial charge in [-0.2, -0.15) is 8.42 Å². The van der Waals surface area contributed by atoms with Gasteiger partial charge in [0.2, 0.25) is 0 Å². The van der Waals surface area contributed by atoms with Gasteiger partial charge < -0.3 is 0 Å². The van der Waals surface area contributed by atoms with Gasteiger partial charge in [0, 0.05) is 18.1 Å². The van der Waals surface area contributed by atoms with Gasteiger partial charge in [-0.3, -0.25) is 9.08 Å². The molecule has 0 radical (unpaired) electrons. The van der Waals surface area contributed by atoms with Crippen LogP contribution in [0.1, 0.15) is 56.8 Å². The summed E-state index contributed by atoms with van der Waals surface area (Å²) in [6, 6.07) is 6.65. The van der Waals surface area contributed by atoms with Crippen molar-refractivity contribution in [2.24, 2.45) is 0 Å². The monoisotopic (exact) mass is 325 g/mol. The lowest BCUT2D eigenvalue weighted by atomic mass is 9.86. The van der Waals surface area contributed by atoms with Crippen LogP contribution in [-0.4, -0.2) is 31.7 Å². The highest BCUT2D eigenvalue weighted by atomic mass is 32.2. The van der Waals surface area contributed by atoms with Gasteiger partial charge in [0.25, 0.3) is 10.1 Å². The second kappa shape index (κ2) is 6.30. The molecule has 0 saturated carbocycles. The molecule has 0 aliphatic carbocycles. The van der Waals surface area contributed by atoms with Gasteiger partial charge in [0.05, 0.1) is 12.9 Å². The van der Waals surface area contributed by atoms with E-state index < -0.39 is 10.1 Å². The first-order chi connectivity index (χ1) is 10.1. The van der Waals surface area contributed by atoms with E-state index in [0.29, 0.717) is 6.04 Å². The summed E-state index contributed by atoms with van der Waals surface area (Å²) in [7, 11) is -3.40. The van der Waals surface area contributed by atoms with Crippen molar-refractivity contribution >= 4 is 10.1 Å². The number of hydrogen-bond acceptors (Lipinski definition) is 4. The van der Waals surface area contributed by atoms with Crippen molar-refractivity contribution in [2.75, 3.05) is 12.8 Å². The van der Waals surface area contributed by atoms with E-state index >= 15 is 0 Å². The molecule has 0 amide bonds. The molecule has 1 heterocycles. The van der Waals surface area contributed by atoms with Gasteiger partial charge in [0.15, 0.2) is 0 Å². The second-order valence-corrected chi connectivity index (χ2v) is 8.68. The summed E-state index contributed by atoms with van der Waals surface area (Å²) in [5.74, 6) is 0. The lowest BCUT2D eigenvalue weighted by molar-refractivity contribution is 0.0706. The van der Waals surface area contributed by atoms with Crippen LogP contribution in [0.25, 0.3) is 0 Å². The van der Waals surface area contributed by atoms with E-state index in [1.165, 1.54) is 11.1 Å². The van der Waals surface area contributed by atoms with Crippen LogP contribution in [0.2, 0.25) is 0 Å². The van der Waals surface area contributed by atoms with Crippen molar-refractivity contribution in [3.8, 4) is 0 Å². The Morgan fingerprint density at radius 2 is 2.00 bits per heavy atom. The van der Waals surface area contributed by atoms with Crippen molar-refractivity contribution in [3.05, 3.63) is 34.9 Å². The molecule has 1 unspecified atom stereocenters.